The van der Waals surface area contributed by atoms with Gasteiger partial charge in [-0.05, 0) is 18.9 Å². The van der Waals surface area contributed by atoms with Crippen LogP contribution < -0.4 is 0 Å². The van der Waals surface area contributed by atoms with E-state index < -0.39 is 9.84 Å². The van der Waals surface area contributed by atoms with E-state index in [4.69, 9.17) is 10.5 Å². The van der Waals surface area contributed by atoms with Crippen molar-refractivity contribution in [3.05, 3.63) is 33.1 Å². The van der Waals surface area contributed by atoms with E-state index in [-0.39, 0.29) is 21.0 Å². The molecule has 1 rings (SSSR count). The third-order valence-corrected chi connectivity index (χ3v) is 4.61. The Hall–Kier alpha value is -1.85. The van der Waals surface area contributed by atoms with Gasteiger partial charge in [0.2, 0.25) is 9.84 Å². The quantitative estimate of drug-likeness (QED) is 0.702. The molecule has 0 saturated heterocycles. The van der Waals surface area contributed by atoms with Gasteiger partial charge < -0.3 is 0 Å². The van der Waals surface area contributed by atoms with Gasteiger partial charge in [-0.25, -0.2) is 8.42 Å². The minimum absolute atomic E-state index is 0.128. The molecule has 0 radical (unpaired) electrons. The Labute approximate surface area is 101 Å². The van der Waals surface area contributed by atoms with Gasteiger partial charge in [0.25, 0.3) is 0 Å². The molecule has 17 heavy (non-hydrogen) atoms. The first-order valence-corrected chi connectivity index (χ1v) is 6.59. The summed E-state index contributed by atoms with van der Waals surface area (Å²) in [5.74, 6) is 0. The molecular formula is C12H12N2O2S. The van der Waals surface area contributed by atoms with Gasteiger partial charge in [0, 0.05) is 5.57 Å². The second-order valence-corrected chi connectivity index (χ2v) is 5.80. The number of rotatable bonds is 2. The number of sulfone groups is 1. The summed E-state index contributed by atoms with van der Waals surface area (Å²) in [7, 11) is -3.56. The van der Waals surface area contributed by atoms with Gasteiger partial charge in [-0.2, -0.15) is 10.5 Å². The lowest BCUT2D eigenvalue weighted by atomic mass is 9.97. The summed E-state index contributed by atoms with van der Waals surface area (Å²) in [6, 6.07) is 3.46. The highest BCUT2D eigenvalue weighted by molar-refractivity contribution is 7.99. The van der Waals surface area contributed by atoms with Crippen LogP contribution in [0.3, 0.4) is 0 Å². The summed E-state index contributed by atoms with van der Waals surface area (Å²) in [5.41, 5.74) is 0.573. The van der Waals surface area contributed by atoms with Gasteiger partial charge in [0.15, 0.2) is 0 Å². The van der Waals surface area contributed by atoms with Gasteiger partial charge in [0.05, 0.1) is 9.81 Å². The normalized spacial score (nSPS) is 17.9. The number of hydrogen-bond acceptors (Lipinski definition) is 4. The molecule has 0 unspecified atom stereocenters. The van der Waals surface area contributed by atoms with Crippen LogP contribution in [0.4, 0.5) is 0 Å². The highest BCUT2D eigenvalue weighted by atomic mass is 32.2. The van der Waals surface area contributed by atoms with Crippen molar-refractivity contribution in [3.63, 3.8) is 0 Å². The molecule has 1 aliphatic heterocycles. The van der Waals surface area contributed by atoms with Crippen LogP contribution in [0.1, 0.15) is 26.7 Å². The Kier molecular flexibility index (Phi) is 3.55. The van der Waals surface area contributed by atoms with E-state index >= 15 is 0 Å². The van der Waals surface area contributed by atoms with Gasteiger partial charge in [-0.1, -0.05) is 19.9 Å². The Balaban J connectivity index is 3.67. The number of nitrogens with zero attached hydrogens (tertiary/aromatic N) is 2. The molecule has 0 aliphatic carbocycles. The van der Waals surface area contributed by atoms with Gasteiger partial charge in [-0.3, -0.25) is 0 Å². The van der Waals surface area contributed by atoms with E-state index in [0.29, 0.717) is 12.0 Å². The molecule has 5 heteroatoms. The minimum atomic E-state index is -3.56. The van der Waals surface area contributed by atoms with E-state index in [1.807, 2.05) is 6.92 Å². The van der Waals surface area contributed by atoms with Gasteiger partial charge in [-0.15, -0.1) is 0 Å². The largest absolute Gasteiger partial charge is 0.219 e. The lowest BCUT2D eigenvalue weighted by Crippen LogP contribution is -1.98. The topological polar surface area (TPSA) is 81.7 Å². The Morgan fingerprint density at radius 1 is 1.35 bits per heavy atom. The maximum absolute atomic E-state index is 11.9. The fraction of sp³-hybridized carbons (Fsp3) is 0.333. The number of nitriles is 2. The SMILES string of the molecule is C=C1C(=C(C#N)C#N)C(CCC)=C(C)S1(=O)=O. The van der Waals surface area contributed by atoms with Crippen molar-refractivity contribution < 1.29 is 8.42 Å². The molecule has 0 fully saturated rings. The van der Waals surface area contributed by atoms with E-state index in [1.165, 1.54) is 6.92 Å². The van der Waals surface area contributed by atoms with Crippen molar-refractivity contribution in [1.82, 2.24) is 0 Å². The average Bonchev–Trinajstić information content (AvgIpc) is 2.45. The fourth-order valence-corrected chi connectivity index (χ4v) is 3.20. The lowest BCUT2D eigenvalue weighted by molar-refractivity contribution is 0.609. The van der Waals surface area contributed by atoms with Gasteiger partial charge >= 0.3 is 0 Å². The molecule has 0 bridgehead atoms. The predicted octanol–water partition coefficient (Wildman–Crippen LogP) is 2.35. The van der Waals surface area contributed by atoms with Crippen LogP contribution in [0, 0.1) is 22.7 Å². The van der Waals surface area contributed by atoms with Gasteiger partial charge in [0.1, 0.15) is 17.7 Å². The summed E-state index contributed by atoms with van der Waals surface area (Å²) in [5, 5.41) is 17.7. The average molecular weight is 248 g/mol. The predicted molar refractivity (Wildman–Crippen MR) is 63.9 cm³/mol. The molecule has 0 aromatic rings. The summed E-state index contributed by atoms with van der Waals surface area (Å²) in [6.45, 7) is 6.90. The van der Waals surface area contributed by atoms with Crippen LogP contribution in [0.2, 0.25) is 0 Å². The van der Waals surface area contributed by atoms with Crippen LogP contribution in [-0.4, -0.2) is 8.42 Å². The zero-order valence-corrected chi connectivity index (χ0v) is 10.6. The van der Waals surface area contributed by atoms with E-state index in [2.05, 4.69) is 6.58 Å². The van der Waals surface area contributed by atoms with Crippen LogP contribution in [0.25, 0.3) is 0 Å². The van der Waals surface area contributed by atoms with Crippen LogP contribution in [0.5, 0.6) is 0 Å². The van der Waals surface area contributed by atoms with Crippen LogP contribution >= 0.6 is 0 Å². The van der Waals surface area contributed by atoms with Crippen molar-refractivity contribution in [2.24, 2.45) is 0 Å². The highest BCUT2D eigenvalue weighted by Gasteiger charge is 2.36. The molecule has 4 nitrogen and oxygen atoms in total. The minimum Gasteiger partial charge on any atom is -0.219 e. The molecular weight excluding hydrogens is 236 g/mol. The standard InChI is InChI=1S/C12H12N2O2S/c1-4-5-11-8(2)17(15,16)9(3)12(11)10(6-13)7-14/h3-5H2,1-2H3. The van der Waals surface area contributed by atoms with Crippen molar-refractivity contribution >= 4 is 9.84 Å². The van der Waals surface area contributed by atoms with Crippen molar-refractivity contribution in [3.8, 4) is 12.1 Å². The summed E-state index contributed by atoms with van der Waals surface area (Å²) in [4.78, 5) is 0.0823. The molecule has 0 N–H and O–H groups in total. The number of allylic oxidation sites excluding steroid dienone is 4. The zero-order chi connectivity index (χ0) is 13.2. The molecule has 1 heterocycles. The summed E-state index contributed by atoms with van der Waals surface area (Å²) >= 11 is 0. The summed E-state index contributed by atoms with van der Waals surface area (Å²) < 4.78 is 23.8. The Morgan fingerprint density at radius 2 is 1.88 bits per heavy atom. The van der Waals surface area contributed by atoms with Crippen molar-refractivity contribution in [2.75, 3.05) is 0 Å². The molecule has 88 valence electrons. The molecule has 0 amide bonds. The molecule has 1 aliphatic rings. The first kappa shape index (κ1) is 13.2. The monoisotopic (exact) mass is 248 g/mol. The highest BCUT2D eigenvalue weighted by Crippen LogP contribution is 2.41. The maximum Gasteiger partial charge on any atom is 0.202 e. The Morgan fingerprint density at radius 3 is 2.29 bits per heavy atom. The second kappa shape index (κ2) is 4.57. The molecule has 0 saturated carbocycles. The molecule has 0 spiro atoms. The Bertz CT molecular complexity index is 606. The number of hydrogen-bond donors (Lipinski definition) is 0. The fourth-order valence-electron chi connectivity index (χ4n) is 1.80. The maximum atomic E-state index is 11.9. The van der Waals surface area contributed by atoms with Crippen molar-refractivity contribution in [2.45, 2.75) is 26.7 Å². The van der Waals surface area contributed by atoms with Crippen LogP contribution in [-0.2, 0) is 9.84 Å². The second-order valence-electron chi connectivity index (χ2n) is 3.68. The third-order valence-electron chi connectivity index (χ3n) is 2.71. The smallest absolute Gasteiger partial charge is 0.202 e. The molecule has 0 atom stereocenters. The van der Waals surface area contributed by atoms with E-state index in [0.717, 1.165) is 6.42 Å². The zero-order valence-electron chi connectivity index (χ0n) is 9.74. The first-order chi connectivity index (χ1) is 7.91. The van der Waals surface area contributed by atoms with E-state index in [1.54, 1.807) is 12.1 Å². The molecule has 0 aromatic heterocycles. The lowest BCUT2D eigenvalue weighted by Gasteiger charge is -2.03. The summed E-state index contributed by atoms with van der Waals surface area (Å²) in [6.07, 6.45) is 1.26. The van der Waals surface area contributed by atoms with Crippen LogP contribution in [0.15, 0.2) is 33.1 Å². The first-order valence-electron chi connectivity index (χ1n) is 5.10. The van der Waals surface area contributed by atoms with E-state index in [9.17, 15) is 8.42 Å². The van der Waals surface area contributed by atoms with Crippen molar-refractivity contribution in [1.29, 1.82) is 10.5 Å². The third kappa shape index (κ3) is 1.90. The molecule has 0 aromatic carbocycles.